The van der Waals surface area contributed by atoms with E-state index in [1.165, 1.54) is 17.8 Å². The van der Waals surface area contributed by atoms with Crippen molar-refractivity contribution in [1.29, 1.82) is 0 Å². The minimum absolute atomic E-state index is 0. The summed E-state index contributed by atoms with van der Waals surface area (Å²) in [7, 11) is 0. The van der Waals surface area contributed by atoms with Gasteiger partial charge in [-0.25, -0.2) is 14.2 Å². The van der Waals surface area contributed by atoms with Gasteiger partial charge in [0.25, 0.3) is 0 Å². The zero-order valence-electron chi connectivity index (χ0n) is 27.5. The molecule has 2 atom stereocenters. The highest BCUT2D eigenvalue weighted by atomic mass is 32.2. The number of aromatic amines is 1. The van der Waals surface area contributed by atoms with E-state index in [1.54, 1.807) is 16.8 Å². The Kier molecular flexibility index (Phi) is 9.22. The number of piperidine rings is 1. The molecular formula is C34H50FN7O3S. The molecule has 3 aliphatic rings. The van der Waals surface area contributed by atoms with Crippen LogP contribution in [0.1, 0.15) is 73.7 Å². The lowest BCUT2D eigenvalue weighted by molar-refractivity contribution is -0.137. The first-order valence-electron chi connectivity index (χ1n) is 16.5. The summed E-state index contributed by atoms with van der Waals surface area (Å²) < 4.78 is 17.4. The fourth-order valence-electron chi connectivity index (χ4n) is 7.19. The molecule has 12 heteroatoms. The molecule has 2 amide bonds. The number of piperazine rings is 1. The van der Waals surface area contributed by atoms with Crippen LogP contribution >= 0.6 is 11.8 Å². The molecule has 5 heterocycles. The van der Waals surface area contributed by atoms with Crippen LogP contribution in [-0.4, -0.2) is 97.7 Å². The summed E-state index contributed by atoms with van der Waals surface area (Å²) in [4.78, 5) is 55.5. The Balaban J connectivity index is 0.00000260. The molecule has 3 aromatic rings. The summed E-state index contributed by atoms with van der Waals surface area (Å²) in [5, 5.41) is -0.905. The lowest BCUT2D eigenvalue weighted by Gasteiger charge is -2.43. The second-order valence-corrected chi connectivity index (χ2v) is 15.5. The van der Waals surface area contributed by atoms with Crippen LogP contribution in [0, 0.1) is 11.7 Å². The Bertz CT molecular complexity index is 1650. The first-order chi connectivity index (χ1) is 21.9. The van der Waals surface area contributed by atoms with Crippen molar-refractivity contribution in [2.24, 2.45) is 5.92 Å². The van der Waals surface area contributed by atoms with E-state index in [2.05, 4.69) is 54.4 Å². The van der Waals surface area contributed by atoms with Crippen molar-refractivity contribution in [3.63, 3.8) is 0 Å². The third kappa shape index (κ3) is 6.43. The van der Waals surface area contributed by atoms with Gasteiger partial charge < -0.3 is 14.7 Å². The number of benzene rings is 1. The van der Waals surface area contributed by atoms with Crippen molar-refractivity contribution in [2.75, 3.05) is 50.7 Å². The normalized spacial score (nSPS) is 22.1. The summed E-state index contributed by atoms with van der Waals surface area (Å²) >= 11 is 1.48. The monoisotopic (exact) mass is 655 g/mol. The number of fused-ring (bicyclic) bond motifs is 1. The van der Waals surface area contributed by atoms with Gasteiger partial charge in [-0.15, -0.1) is 11.8 Å². The first-order valence-corrected chi connectivity index (χ1v) is 17.4. The SMILES string of the molecule is CC(C)CN1C(=O)[C@H](CC(=O)N2CCC(n3c(=O)[nH]c4ncccc43)CC2)S[C@H]1c1cccc(F)c1N1CCN(C(C)(C)C)CC1.[HH].[HH]. The van der Waals surface area contributed by atoms with Gasteiger partial charge in [0.05, 0.1) is 16.5 Å². The number of likely N-dealkylation sites (tertiary alicyclic amines) is 1. The van der Waals surface area contributed by atoms with Crippen molar-refractivity contribution in [2.45, 2.75) is 76.1 Å². The Hall–Kier alpha value is -3.38. The zero-order chi connectivity index (χ0) is 32.7. The molecule has 3 saturated heterocycles. The lowest BCUT2D eigenvalue weighted by atomic mass is 10.0. The van der Waals surface area contributed by atoms with Crippen molar-refractivity contribution in [3.8, 4) is 0 Å². The molecule has 3 fully saturated rings. The van der Waals surface area contributed by atoms with Crippen LogP contribution in [-0.2, 0) is 9.59 Å². The van der Waals surface area contributed by atoms with E-state index >= 15 is 4.39 Å². The molecule has 3 aliphatic heterocycles. The number of H-pyrrole nitrogens is 1. The van der Waals surface area contributed by atoms with Crippen LogP contribution in [0.4, 0.5) is 10.1 Å². The molecule has 10 nitrogen and oxygen atoms in total. The smallest absolute Gasteiger partial charge is 0.327 e. The van der Waals surface area contributed by atoms with Crippen molar-refractivity contribution >= 4 is 40.4 Å². The number of hydrogen-bond acceptors (Lipinski definition) is 7. The average molecular weight is 656 g/mol. The highest BCUT2D eigenvalue weighted by Gasteiger charge is 2.44. The minimum atomic E-state index is -0.537. The van der Waals surface area contributed by atoms with E-state index in [9.17, 15) is 14.4 Å². The van der Waals surface area contributed by atoms with Gasteiger partial charge in [0.15, 0.2) is 5.65 Å². The van der Waals surface area contributed by atoms with E-state index in [-0.39, 0.29) is 55.5 Å². The van der Waals surface area contributed by atoms with Crippen molar-refractivity contribution < 1.29 is 16.8 Å². The van der Waals surface area contributed by atoms with E-state index < -0.39 is 5.25 Å². The van der Waals surface area contributed by atoms with E-state index in [4.69, 9.17) is 0 Å². The topological polar surface area (TPSA) is 97.8 Å². The lowest BCUT2D eigenvalue weighted by Crippen LogP contribution is -2.53. The van der Waals surface area contributed by atoms with Crippen LogP contribution < -0.4 is 10.6 Å². The number of carbonyl (C=O) groups excluding carboxylic acids is 2. The summed E-state index contributed by atoms with van der Waals surface area (Å²) in [5.74, 6) is -0.166. The molecule has 0 radical (unpaired) electrons. The van der Waals surface area contributed by atoms with E-state index in [0.29, 0.717) is 56.9 Å². The van der Waals surface area contributed by atoms with Crippen LogP contribution in [0.15, 0.2) is 41.3 Å². The summed E-state index contributed by atoms with van der Waals surface area (Å²) in [6.07, 6.45) is 3.06. The number of nitrogens with zero attached hydrogens (tertiary/aromatic N) is 6. The van der Waals surface area contributed by atoms with Gasteiger partial charge in [-0.3, -0.25) is 24.0 Å². The number of halogens is 1. The Morgan fingerprint density at radius 2 is 1.78 bits per heavy atom. The second kappa shape index (κ2) is 13.0. The maximum atomic E-state index is 15.6. The molecule has 2 aromatic heterocycles. The summed E-state index contributed by atoms with van der Waals surface area (Å²) in [6, 6.07) is 8.86. The first kappa shape index (κ1) is 32.6. The quantitative estimate of drug-likeness (QED) is 0.377. The number of aromatic nitrogens is 3. The van der Waals surface area contributed by atoms with Gasteiger partial charge in [-0.1, -0.05) is 26.0 Å². The van der Waals surface area contributed by atoms with Gasteiger partial charge in [0, 0.05) is 78.4 Å². The molecule has 0 saturated carbocycles. The Labute approximate surface area is 277 Å². The maximum Gasteiger partial charge on any atom is 0.327 e. The largest absolute Gasteiger partial charge is 0.366 e. The van der Waals surface area contributed by atoms with Gasteiger partial charge >= 0.3 is 5.69 Å². The number of thioether (sulfide) groups is 1. The number of para-hydroxylation sites is 1. The van der Waals surface area contributed by atoms with Gasteiger partial charge in [-0.2, -0.15) is 0 Å². The van der Waals surface area contributed by atoms with Gasteiger partial charge in [0.1, 0.15) is 11.2 Å². The highest BCUT2D eigenvalue weighted by Crippen LogP contribution is 2.48. The standard InChI is InChI=1S/C34H46FN7O3S.2H2/c1-22(2)21-41-31(44)27(20-28(43)38-14-11-23(12-15-38)42-26-10-7-13-36-30(26)37-33(42)45)46-32(41)24-8-6-9-25(35)29(24)39-16-18-40(19-17-39)34(3,4)5;;/h6-10,13,22-23,27,32H,11-12,14-21H2,1-5H3,(H,36,37,45);2*1H/t27-,32-;;/m0../s1. The molecule has 1 N–H and O–H groups in total. The number of carbonyl (C=O) groups is 2. The van der Waals surface area contributed by atoms with Crippen LogP contribution in [0.3, 0.4) is 0 Å². The number of rotatable bonds is 7. The number of pyridine rings is 1. The molecule has 46 heavy (non-hydrogen) atoms. The maximum absolute atomic E-state index is 15.6. The number of amides is 2. The Morgan fingerprint density at radius 1 is 1.07 bits per heavy atom. The summed E-state index contributed by atoms with van der Waals surface area (Å²) in [5.41, 5.74) is 2.58. The molecule has 252 valence electrons. The molecule has 1 aromatic carbocycles. The zero-order valence-corrected chi connectivity index (χ0v) is 28.4. The predicted molar refractivity (Wildman–Crippen MR) is 185 cm³/mol. The fraction of sp³-hybridized carbons (Fsp3) is 0.588. The number of anilines is 1. The fourth-order valence-corrected chi connectivity index (χ4v) is 8.67. The van der Waals surface area contributed by atoms with Crippen LogP contribution in [0.25, 0.3) is 11.2 Å². The molecule has 0 spiro atoms. The third-order valence-electron chi connectivity index (χ3n) is 9.56. The van der Waals surface area contributed by atoms with Gasteiger partial charge in [-0.05, 0) is 57.7 Å². The predicted octanol–water partition coefficient (Wildman–Crippen LogP) is 5.13. The molecule has 0 unspecified atom stereocenters. The number of hydrogen-bond donors (Lipinski definition) is 1. The third-order valence-corrected chi connectivity index (χ3v) is 11.0. The molecule has 6 rings (SSSR count). The Morgan fingerprint density at radius 3 is 2.46 bits per heavy atom. The van der Waals surface area contributed by atoms with E-state index in [0.717, 1.165) is 24.2 Å². The molecule has 0 bridgehead atoms. The average Bonchev–Trinajstić information content (AvgIpc) is 3.51. The van der Waals surface area contributed by atoms with Crippen LogP contribution in [0.2, 0.25) is 0 Å². The second-order valence-electron chi connectivity index (χ2n) is 14.2. The molecule has 0 aliphatic carbocycles. The number of imidazole rings is 1. The molecular weight excluding hydrogens is 605 g/mol. The minimum Gasteiger partial charge on any atom is -0.366 e. The highest BCUT2D eigenvalue weighted by molar-refractivity contribution is 8.01. The van der Waals surface area contributed by atoms with Crippen molar-refractivity contribution in [3.05, 3.63) is 58.4 Å². The van der Waals surface area contributed by atoms with E-state index in [1.807, 2.05) is 28.0 Å². The number of nitrogens with one attached hydrogen (secondary N) is 1. The van der Waals surface area contributed by atoms with Crippen molar-refractivity contribution in [1.82, 2.24) is 29.2 Å². The summed E-state index contributed by atoms with van der Waals surface area (Å²) in [6.45, 7) is 15.4. The van der Waals surface area contributed by atoms with Crippen LogP contribution in [0.5, 0.6) is 0 Å². The van der Waals surface area contributed by atoms with Gasteiger partial charge in [0.2, 0.25) is 11.8 Å².